The van der Waals surface area contributed by atoms with Gasteiger partial charge in [-0.25, -0.2) is 0 Å². The predicted octanol–water partition coefficient (Wildman–Crippen LogP) is 3.43. The van der Waals surface area contributed by atoms with Gasteiger partial charge in [-0.2, -0.15) is 0 Å². The van der Waals surface area contributed by atoms with Crippen LogP contribution in [0.1, 0.15) is 54.7 Å². The number of nitrogens with zero attached hydrogens (tertiary/aromatic N) is 2. The quantitative estimate of drug-likeness (QED) is 0.314. The fourth-order valence-corrected chi connectivity index (χ4v) is 5.45. The van der Waals surface area contributed by atoms with Crippen LogP contribution in [0, 0.1) is 5.92 Å². The van der Waals surface area contributed by atoms with E-state index in [1.165, 1.54) is 0 Å². The number of Topliss-reactive ketones (excluding diaryl/α,β-unsaturated/α-hetero) is 2. The molecule has 8 heteroatoms. The monoisotopic (exact) mass is 520 g/mol. The Labute approximate surface area is 223 Å². The Morgan fingerprint density at radius 3 is 2.26 bits per heavy atom. The van der Waals surface area contributed by atoms with Gasteiger partial charge in [0, 0.05) is 31.7 Å². The molecule has 0 N–H and O–H groups in total. The first kappa shape index (κ1) is 26.4. The van der Waals surface area contributed by atoms with Crippen LogP contribution in [-0.4, -0.2) is 79.9 Å². The highest BCUT2D eigenvalue weighted by molar-refractivity contribution is 6.44. The number of likely N-dealkylation sites (tertiary alicyclic amines) is 1. The highest BCUT2D eigenvalue weighted by Crippen LogP contribution is 2.40. The zero-order valence-electron chi connectivity index (χ0n) is 22.4. The number of amides is 1. The number of hydrogen-bond donors (Lipinski definition) is 0. The van der Waals surface area contributed by atoms with Crippen LogP contribution in [0.25, 0.3) is 0 Å². The summed E-state index contributed by atoms with van der Waals surface area (Å²) in [7, 11) is 0. The highest BCUT2D eigenvalue weighted by atomic mass is 16.6. The first-order valence-electron chi connectivity index (χ1n) is 13.4. The molecule has 8 nitrogen and oxygen atoms in total. The number of benzene rings is 2. The van der Waals surface area contributed by atoms with Crippen molar-refractivity contribution in [1.82, 2.24) is 9.80 Å². The molecule has 0 bridgehead atoms. The first-order valence-corrected chi connectivity index (χ1v) is 13.4. The molecule has 0 aromatic heterocycles. The summed E-state index contributed by atoms with van der Waals surface area (Å²) >= 11 is 0. The van der Waals surface area contributed by atoms with Gasteiger partial charge in [-0.15, -0.1) is 0 Å². The van der Waals surface area contributed by atoms with Gasteiger partial charge in [-0.3, -0.25) is 19.3 Å². The maximum atomic E-state index is 13.8. The van der Waals surface area contributed by atoms with Gasteiger partial charge >= 0.3 is 0 Å². The molecular weight excluding hydrogens is 484 g/mol. The van der Waals surface area contributed by atoms with E-state index in [9.17, 15) is 14.4 Å². The molecular formula is C30H36N2O6. The molecule has 3 aliphatic rings. The summed E-state index contributed by atoms with van der Waals surface area (Å²) in [5.41, 5.74) is 2.23. The van der Waals surface area contributed by atoms with E-state index in [-0.39, 0.29) is 11.2 Å². The lowest BCUT2D eigenvalue weighted by Crippen LogP contribution is -2.39. The van der Waals surface area contributed by atoms with E-state index in [1.54, 1.807) is 23.1 Å². The number of ether oxygens (including phenoxy) is 3. The van der Waals surface area contributed by atoms with E-state index < -0.39 is 23.7 Å². The summed E-state index contributed by atoms with van der Waals surface area (Å²) in [5.74, 6) is -1.68. The minimum Gasteiger partial charge on any atom is -0.486 e. The normalized spacial score (nSPS) is 22.1. The van der Waals surface area contributed by atoms with Gasteiger partial charge in [-0.05, 0) is 41.2 Å². The second-order valence-corrected chi connectivity index (χ2v) is 11.2. The van der Waals surface area contributed by atoms with Crippen molar-refractivity contribution in [2.24, 2.45) is 5.92 Å². The van der Waals surface area contributed by atoms with Crippen molar-refractivity contribution in [3.05, 3.63) is 59.2 Å². The summed E-state index contributed by atoms with van der Waals surface area (Å²) in [6.45, 7) is 11.6. The lowest BCUT2D eigenvalue weighted by molar-refractivity contribution is -0.140. The third-order valence-corrected chi connectivity index (χ3v) is 7.61. The maximum Gasteiger partial charge on any atom is 0.291 e. The maximum absolute atomic E-state index is 13.8. The molecule has 2 aromatic rings. The lowest BCUT2D eigenvalue weighted by Gasteiger charge is -2.30. The lowest BCUT2D eigenvalue weighted by atomic mass is 9.83. The van der Waals surface area contributed by atoms with Crippen molar-refractivity contribution in [1.29, 1.82) is 0 Å². The van der Waals surface area contributed by atoms with Crippen molar-refractivity contribution in [3.63, 3.8) is 0 Å². The van der Waals surface area contributed by atoms with Gasteiger partial charge < -0.3 is 19.1 Å². The van der Waals surface area contributed by atoms with E-state index in [0.29, 0.717) is 56.5 Å². The molecule has 0 saturated carbocycles. The van der Waals surface area contributed by atoms with Gasteiger partial charge in [-0.1, -0.05) is 45.0 Å². The smallest absolute Gasteiger partial charge is 0.291 e. The number of hydrogen-bond acceptors (Lipinski definition) is 7. The Kier molecular flexibility index (Phi) is 7.54. The molecule has 5 rings (SSSR count). The third kappa shape index (κ3) is 5.33. The number of morpholine rings is 1. The van der Waals surface area contributed by atoms with Crippen molar-refractivity contribution < 1.29 is 28.6 Å². The average molecular weight is 521 g/mol. The van der Waals surface area contributed by atoms with E-state index in [2.05, 4.69) is 25.7 Å². The fourth-order valence-electron chi connectivity index (χ4n) is 5.45. The summed E-state index contributed by atoms with van der Waals surface area (Å²) in [5, 5.41) is 0. The Morgan fingerprint density at radius 2 is 1.58 bits per heavy atom. The van der Waals surface area contributed by atoms with Crippen LogP contribution >= 0.6 is 0 Å². The zero-order chi connectivity index (χ0) is 26.9. The number of carbonyl (C=O) groups excluding carboxylic acids is 3. The molecule has 0 spiro atoms. The summed E-state index contributed by atoms with van der Waals surface area (Å²) in [6, 6.07) is 12.3. The average Bonchev–Trinajstić information content (AvgIpc) is 3.17. The van der Waals surface area contributed by atoms with E-state index in [4.69, 9.17) is 14.2 Å². The topological polar surface area (TPSA) is 85.4 Å². The molecule has 3 aliphatic heterocycles. The van der Waals surface area contributed by atoms with Gasteiger partial charge in [0.2, 0.25) is 5.78 Å². The molecule has 2 aromatic carbocycles. The summed E-state index contributed by atoms with van der Waals surface area (Å²) in [4.78, 5) is 44.5. The summed E-state index contributed by atoms with van der Waals surface area (Å²) in [6.07, 6.45) is 0.709. The van der Waals surface area contributed by atoms with Gasteiger partial charge in [0.15, 0.2) is 17.3 Å². The van der Waals surface area contributed by atoms with Crippen LogP contribution in [0.4, 0.5) is 0 Å². The second-order valence-electron chi connectivity index (χ2n) is 11.2. The molecule has 2 unspecified atom stereocenters. The molecule has 1 amide bonds. The van der Waals surface area contributed by atoms with E-state index in [1.807, 2.05) is 24.3 Å². The first-order chi connectivity index (χ1) is 18.2. The second kappa shape index (κ2) is 10.9. The molecule has 0 radical (unpaired) electrons. The number of carbonyl (C=O) groups is 3. The van der Waals surface area contributed by atoms with Crippen LogP contribution in [0.15, 0.2) is 42.5 Å². The van der Waals surface area contributed by atoms with Crippen LogP contribution in [-0.2, 0) is 19.7 Å². The predicted molar refractivity (Wildman–Crippen MR) is 142 cm³/mol. The summed E-state index contributed by atoms with van der Waals surface area (Å²) < 4.78 is 16.7. The van der Waals surface area contributed by atoms with E-state index in [0.717, 1.165) is 30.8 Å². The van der Waals surface area contributed by atoms with E-state index >= 15 is 0 Å². The number of fused-ring (bicyclic) bond motifs is 1. The van der Waals surface area contributed by atoms with Crippen molar-refractivity contribution in [2.45, 2.75) is 38.6 Å². The number of ketones is 2. The Balaban J connectivity index is 1.44. The van der Waals surface area contributed by atoms with Crippen molar-refractivity contribution >= 4 is 17.5 Å². The number of rotatable bonds is 7. The van der Waals surface area contributed by atoms with Gasteiger partial charge in [0.05, 0.1) is 19.3 Å². The van der Waals surface area contributed by atoms with Crippen molar-refractivity contribution in [3.8, 4) is 11.5 Å². The zero-order valence-corrected chi connectivity index (χ0v) is 22.4. The molecule has 38 heavy (non-hydrogen) atoms. The fraction of sp³-hybridized carbons (Fsp3) is 0.500. The minimum atomic E-state index is -1.12. The van der Waals surface area contributed by atoms with Crippen molar-refractivity contribution in [2.75, 3.05) is 52.6 Å². The van der Waals surface area contributed by atoms with Gasteiger partial charge in [0.25, 0.3) is 5.91 Å². The SMILES string of the molecule is CC(C)(C)c1ccc(C2C(C(=O)c3ccc4c(c3)OCCO4)C(=O)C(=O)N2CCCN2CCOCC2)cc1. The molecule has 2 fully saturated rings. The van der Waals surface area contributed by atoms with Crippen LogP contribution in [0.3, 0.4) is 0 Å². The Morgan fingerprint density at radius 1 is 0.895 bits per heavy atom. The van der Waals surface area contributed by atoms with Crippen LogP contribution in [0.2, 0.25) is 0 Å². The Bertz CT molecular complexity index is 1200. The minimum absolute atomic E-state index is 0.0435. The standard InChI is InChI=1S/C30H36N2O6/c1-30(2,3)22-8-5-20(6-9-22)26-25(27(33)21-7-10-23-24(19-21)38-18-17-37-23)28(34)29(35)32(26)12-4-11-31-13-15-36-16-14-31/h5-10,19,25-26H,4,11-18H2,1-3H3. The molecule has 3 heterocycles. The Hall–Kier alpha value is -3.23. The third-order valence-electron chi connectivity index (χ3n) is 7.61. The molecule has 2 saturated heterocycles. The van der Waals surface area contributed by atoms with Crippen LogP contribution < -0.4 is 9.47 Å². The van der Waals surface area contributed by atoms with Crippen LogP contribution in [0.5, 0.6) is 11.5 Å². The molecule has 202 valence electrons. The molecule has 2 atom stereocenters. The largest absolute Gasteiger partial charge is 0.486 e. The molecule has 0 aliphatic carbocycles. The highest BCUT2D eigenvalue weighted by Gasteiger charge is 2.51. The van der Waals surface area contributed by atoms with Gasteiger partial charge in [0.1, 0.15) is 19.1 Å².